The second kappa shape index (κ2) is 8.28. The number of nitrogens with zero attached hydrogens (tertiary/aromatic N) is 1. The summed E-state index contributed by atoms with van der Waals surface area (Å²) in [6.45, 7) is 12.5. The molecule has 1 aromatic carbocycles. The summed E-state index contributed by atoms with van der Waals surface area (Å²) in [5.41, 5.74) is 2.56. The zero-order chi connectivity index (χ0) is 13.4. The van der Waals surface area contributed by atoms with Gasteiger partial charge >= 0.3 is 0 Å². The van der Waals surface area contributed by atoms with E-state index in [9.17, 15) is 0 Å². The summed E-state index contributed by atoms with van der Waals surface area (Å²) in [4.78, 5) is 2.47. The molecule has 18 heavy (non-hydrogen) atoms. The van der Waals surface area contributed by atoms with Gasteiger partial charge in [-0.25, -0.2) is 0 Å². The third kappa shape index (κ3) is 5.19. The van der Waals surface area contributed by atoms with Crippen molar-refractivity contribution in [1.29, 1.82) is 0 Å². The molecule has 0 saturated carbocycles. The first kappa shape index (κ1) is 15.2. The molecular formula is C16H27NO. The Bertz CT molecular complexity index is 320. The highest BCUT2D eigenvalue weighted by Gasteiger charge is 2.08. The molecular weight excluding hydrogens is 222 g/mol. The van der Waals surface area contributed by atoms with Gasteiger partial charge < -0.3 is 4.74 Å². The maximum atomic E-state index is 5.74. The minimum absolute atomic E-state index is 0.651. The summed E-state index contributed by atoms with van der Waals surface area (Å²) in [5.74, 6) is 0. The zero-order valence-corrected chi connectivity index (χ0v) is 12.3. The third-order valence-electron chi connectivity index (χ3n) is 3.53. The molecule has 0 amide bonds. The summed E-state index contributed by atoms with van der Waals surface area (Å²) < 4.78 is 5.74. The van der Waals surface area contributed by atoms with Crippen LogP contribution in [0.5, 0.6) is 0 Å². The van der Waals surface area contributed by atoms with Crippen LogP contribution < -0.4 is 0 Å². The normalized spacial score (nSPS) is 12.9. The van der Waals surface area contributed by atoms with Crippen LogP contribution in [-0.4, -0.2) is 30.6 Å². The number of hydrogen-bond donors (Lipinski definition) is 0. The molecule has 1 rings (SSSR count). The molecule has 0 aliphatic carbocycles. The highest BCUT2D eigenvalue weighted by atomic mass is 16.5. The predicted molar refractivity (Wildman–Crippen MR) is 77.8 cm³/mol. The van der Waals surface area contributed by atoms with Crippen molar-refractivity contribution in [2.45, 2.75) is 46.8 Å². The van der Waals surface area contributed by atoms with E-state index in [0.29, 0.717) is 6.04 Å². The van der Waals surface area contributed by atoms with Crippen LogP contribution in [0.2, 0.25) is 0 Å². The van der Waals surface area contributed by atoms with Crippen molar-refractivity contribution in [3.05, 3.63) is 35.4 Å². The maximum Gasteiger partial charge on any atom is 0.0717 e. The molecule has 1 atom stereocenters. The molecule has 2 nitrogen and oxygen atoms in total. The standard InChI is InChI=1S/C16H27NO/c1-5-15(4)17(6-2)11-12-18-13-16-9-7-14(3)8-10-16/h7-10,15H,5-6,11-13H2,1-4H3. The van der Waals surface area contributed by atoms with E-state index in [0.717, 1.165) is 26.3 Å². The summed E-state index contributed by atoms with van der Waals surface area (Å²) in [7, 11) is 0. The topological polar surface area (TPSA) is 12.5 Å². The summed E-state index contributed by atoms with van der Waals surface area (Å²) >= 11 is 0. The van der Waals surface area contributed by atoms with Crippen molar-refractivity contribution in [3.8, 4) is 0 Å². The first-order chi connectivity index (χ1) is 8.67. The van der Waals surface area contributed by atoms with Gasteiger partial charge in [-0.1, -0.05) is 43.7 Å². The Labute approximate surface area is 112 Å². The van der Waals surface area contributed by atoms with Gasteiger partial charge in [0.1, 0.15) is 0 Å². The lowest BCUT2D eigenvalue weighted by Crippen LogP contribution is -2.35. The predicted octanol–water partition coefficient (Wildman–Crippen LogP) is 3.63. The van der Waals surface area contributed by atoms with Crippen LogP contribution in [0.15, 0.2) is 24.3 Å². The van der Waals surface area contributed by atoms with E-state index in [-0.39, 0.29) is 0 Å². The molecule has 0 heterocycles. The van der Waals surface area contributed by atoms with Crippen molar-refractivity contribution in [3.63, 3.8) is 0 Å². The van der Waals surface area contributed by atoms with Crippen molar-refractivity contribution in [1.82, 2.24) is 4.90 Å². The molecule has 0 saturated heterocycles. The van der Waals surface area contributed by atoms with Crippen molar-refractivity contribution < 1.29 is 4.74 Å². The largest absolute Gasteiger partial charge is 0.375 e. The van der Waals surface area contributed by atoms with Gasteiger partial charge in [0.25, 0.3) is 0 Å². The van der Waals surface area contributed by atoms with Gasteiger partial charge in [0.2, 0.25) is 0 Å². The van der Waals surface area contributed by atoms with E-state index >= 15 is 0 Å². The molecule has 0 radical (unpaired) electrons. The Morgan fingerprint density at radius 2 is 1.83 bits per heavy atom. The summed E-state index contributed by atoms with van der Waals surface area (Å²) in [5, 5.41) is 0. The lowest BCUT2D eigenvalue weighted by molar-refractivity contribution is 0.0815. The van der Waals surface area contributed by atoms with Crippen molar-refractivity contribution >= 4 is 0 Å². The maximum absolute atomic E-state index is 5.74. The van der Waals surface area contributed by atoms with Crippen LogP contribution in [0.4, 0.5) is 0 Å². The van der Waals surface area contributed by atoms with Crippen LogP contribution in [0.3, 0.4) is 0 Å². The molecule has 0 fully saturated rings. The fourth-order valence-corrected chi connectivity index (χ4v) is 2.00. The zero-order valence-electron chi connectivity index (χ0n) is 12.3. The van der Waals surface area contributed by atoms with Gasteiger partial charge in [0.05, 0.1) is 13.2 Å². The first-order valence-electron chi connectivity index (χ1n) is 7.04. The average molecular weight is 249 g/mol. The molecule has 0 aliphatic heterocycles. The Kier molecular flexibility index (Phi) is 6.99. The fraction of sp³-hybridized carbons (Fsp3) is 0.625. The lowest BCUT2D eigenvalue weighted by Gasteiger charge is -2.26. The Morgan fingerprint density at radius 3 is 2.39 bits per heavy atom. The smallest absolute Gasteiger partial charge is 0.0717 e. The van der Waals surface area contributed by atoms with Gasteiger partial charge in [-0.2, -0.15) is 0 Å². The second-order valence-corrected chi connectivity index (χ2v) is 4.92. The number of benzene rings is 1. The average Bonchev–Trinajstić information content (AvgIpc) is 2.40. The van der Waals surface area contributed by atoms with Crippen molar-refractivity contribution in [2.24, 2.45) is 0 Å². The summed E-state index contributed by atoms with van der Waals surface area (Å²) in [6.07, 6.45) is 1.20. The van der Waals surface area contributed by atoms with Crippen LogP contribution in [0.25, 0.3) is 0 Å². The number of rotatable bonds is 8. The van der Waals surface area contributed by atoms with Crippen LogP contribution in [0, 0.1) is 6.92 Å². The SMILES string of the molecule is CCC(C)N(CC)CCOCc1ccc(C)cc1. The number of hydrogen-bond acceptors (Lipinski definition) is 2. The van der Waals surface area contributed by atoms with Gasteiger partial charge in [-0.3, -0.25) is 4.90 Å². The molecule has 0 bridgehead atoms. The molecule has 1 aromatic rings. The number of ether oxygens (including phenoxy) is 1. The number of likely N-dealkylation sites (N-methyl/N-ethyl adjacent to an activating group) is 1. The molecule has 1 unspecified atom stereocenters. The third-order valence-corrected chi connectivity index (χ3v) is 3.53. The van der Waals surface area contributed by atoms with Gasteiger partial charge in [-0.15, -0.1) is 0 Å². The Balaban J connectivity index is 2.23. The highest BCUT2D eigenvalue weighted by Crippen LogP contribution is 2.06. The Morgan fingerprint density at radius 1 is 1.17 bits per heavy atom. The van der Waals surface area contributed by atoms with E-state index in [1.54, 1.807) is 0 Å². The quantitative estimate of drug-likeness (QED) is 0.652. The van der Waals surface area contributed by atoms with E-state index in [2.05, 4.69) is 56.9 Å². The van der Waals surface area contributed by atoms with Crippen molar-refractivity contribution in [2.75, 3.05) is 19.7 Å². The number of aryl methyl sites for hydroxylation is 1. The molecule has 0 N–H and O–H groups in total. The fourth-order valence-electron chi connectivity index (χ4n) is 2.00. The lowest BCUT2D eigenvalue weighted by atomic mass is 10.2. The van der Waals surface area contributed by atoms with Crippen LogP contribution >= 0.6 is 0 Å². The Hall–Kier alpha value is -0.860. The minimum Gasteiger partial charge on any atom is -0.375 e. The van der Waals surface area contributed by atoms with Gasteiger partial charge in [0.15, 0.2) is 0 Å². The van der Waals surface area contributed by atoms with E-state index < -0.39 is 0 Å². The first-order valence-corrected chi connectivity index (χ1v) is 7.04. The van der Waals surface area contributed by atoms with Crippen LogP contribution in [0.1, 0.15) is 38.3 Å². The molecule has 0 aromatic heterocycles. The molecule has 0 aliphatic rings. The highest BCUT2D eigenvalue weighted by molar-refractivity contribution is 5.20. The second-order valence-electron chi connectivity index (χ2n) is 4.92. The minimum atomic E-state index is 0.651. The molecule has 0 spiro atoms. The summed E-state index contributed by atoms with van der Waals surface area (Å²) in [6, 6.07) is 9.20. The van der Waals surface area contributed by atoms with Gasteiger partial charge in [0, 0.05) is 12.6 Å². The van der Waals surface area contributed by atoms with Crippen LogP contribution in [-0.2, 0) is 11.3 Å². The van der Waals surface area contributed by atoms with Gasteiger partial charge in [-0.05, 0) is 32.4 Å². The molecule has 2 heteroatoms. The van der Waals surface area contributed by atoms with E-state index in [1.807, 2.05) is 0 Å². The van der Waals surface area contributed by atoms with E-state index in [4.69, 9.17) is 4.74 Å². The van der Waals surface area contributed by atoms with E-state index in [1.165, 1.54) is 17.5 Å². The molecule has 102 valence electrons. The monoisotopic (exact) mass is 249 g/mol.